The summed E-state index contributed by atoms with van der Waals surface area (Å²) >= 11 is 0. The van der Waals surface area contributed by atoms with Crippen LogP contribution in [0.4, 0.5) is 0 Å². The Kier molecular flexibility index (Phi) is 6.84. The van der Waals surface area contributed by atoms with E-state index in [4.69, 9.17) is 4.74 Å². The van der Waals surface area contributed by atoms with Crippen molar-refractivity contribution in [2.45, 2.75) is 59.4 Å². The second-order valence-electron chi connectivity index (χ2n) is 7.24. The van der Waals surface area contributed by atoms with E-state index in [0.717, 1.165) is 28.9 Å². The van der Waals surface area contributed by atoms with E-state index < -0.39 is 0 Å². The Morgan fingerprint density at radius 1 is 1.04 bits per heavy atom. The van der Waals surface area contributed by atoms with Crippen molar-refractivity contribution < 1.29 is 9.53 Å². The molecule has 0 saturated heterocycles. The van der Waals surface area contributed by atoms with Crippen molar-refractivity contribution in [1.29, 1.82) is 0 Å². The number of methoxy groups -OCH3 is 1. The van der Waals surface area contributed by atoms with E-state index >= 15 is 0 Å². The van der Waals surface area contributed by atoms with Crippen LogP contribution in [0.5, 0.6) is 5.75 Å². The summed E-state index contributed by atoms with van der Waals surface area (Å²) in [5.74, 6) is 1.32. The van der Waals surface area contributed by atoms with Gasteiger partial charge in [0.05, 0.1) is 19.6 Å². The van der Waals surface area contributed by atoms with E-state index in [1.165, 1.54) is 11.1 Å². The molecule has 140 valence electrons. The van der Waals surface area contributed by atoms with Gasteiger partial charge in [-0.05, 0) is 66.1 Å². The monoisotopic (exact) mass is 353 g/mol. The molecule has 0 unspecified atom stereocenters. The maximum Gasteiger partial charge on any atom is 0.224 e. The number of hydrogen-bond donors (Lipinski definition) is 1. The summed E-state index contributed by atoms with van der Waals surface area (Å²) in [5, 5.41) is 3.14. The highest BCUT2D eigenvalue weighted by Crippen LogP contribution is 2.32. The number of benzene rings is 2. The van der Waals surface area contributed by atoms with Crippen molar-refractivity contribution in [3.05, 3.63) is 64.2 Å². The Labute approximate surface area is 157 Å². The molecule has 0 aromatic heterocycles. The van der Waals surface area contributed by atoms with Gasteiger partial charge in [0.2, 0.25) is 5.91 Å². The summed E-state index contributed by atoms with van der Waals surface area (Å²) in [6, 6.07) is 12.5. The van der Waals surface area contributed by atoms with Gasteiger partial charge in [0.1, 0.15) is 5.75 Å². The van der Waals surface area contributed by atoms with Crippen LogP contribution in [-0.4, -0.2) is 13.0 Å². The summed E-state index contributed by atoms with van der Waals surface area (Å²) in [6.45, 7) is 10.5. The largest absolute Gasteiger partial charge is 0.496 e. The first-order chi connectivity index (χ1) is 12.3. The van der Waals surface area contributed by atoms with Crippen molar-refractivity contribution in [2.24, 2.45) is 0 Å². The molecule has 1 N–H and O–H groups in total. The Balaban J connectivity index is 2.11. The Bertz CT molecular complexity index is 748. The third kappa shape index (κ3) is 4.87. The number of amides is 1. The van der Waals surface area contributed by atoms with Crippen LogP contribution in [0, 0.1) is 6.92 Å². The fraction of sp³-hybridized carbons (Fsp3) is 0.435. The van der Waals surface area contributed by atoms with Gasteiger partial charge < -0.3 is 10.1 Å². The predicted octanol–water partition coefficient (Wildman–Crippen LogP) is 5.11. The number of aryl methyl sites for hydroxylation is 2. The van der Waals surface area contributed by atoms with Crippen LogP contribution in [-0.2, 0) is 17.6 Å². The first-order valence-electron chi connectivity index (χ1n) is 9.41. The molecule has 0 aliphatic rings. The van der Waals surface area contributed by atoms with E-state index in [1.54, 1.807) is 7.11 Å². The number of carbonyl (C=O) groups excluding carboxylic acids is 1. The third-order valence-corrected chi connectivity index (χ3v) is 4.88. The summed E-state index contributed by atoms with van der Waals surface area (Å²) in [4.78, 5) is 12.5. The lowest BCUT2D eigenvalue weighted by atomic mass is 9.93. The van der Waals surface area contributed by atoms with E-state index in [9.17, 15) is 4.79 Å². The van der Waals surface area contributed by atoms with Gasteiger partial charge in [-0.2, -0.15) is 0 Å². The van der Waals surface area contributed by atoms with Crippen LogP contribution in [0.2, 0.25) is 0 Å². The number of hydrogen-bond acceptors (Lipinski definition) is 2. The van der Waals surface area contributed by atoms with Crippen molar-refractivity contribution in [1.82, 2.24) is 5.32 Å². The van der Waals surface area contributed by atoms with E-state index in [1.807, 2.05) is 19.1 Å². The number of nitrogens with one attached hydrogen (secondary N) is 1. The van der Waals surface area contributed by atoms with Crippen LogP contribution >= 0.6 is 0 Å². The zero-order valence-corrected chi connectivity index (χ0v) is 16.8. The molecule has 2 aromatic rings. The molecule has 0 spiro atoms. The van der Waals surface area contributed by atoms with Gasteiger partial charge >= 0.3 is 0 Å². The maximum atomic E-state index is 12.5. The molecule has 26 heavy (non-hydrogen) atoms. The molecule has 0 aliphatic carbocycles. The van der Waals surface area contributed by atoms with E-state index in [0.29, 0.717) is 12.3 Å². The van der Waals surface area contributed by atoms with Gasteiger partial charge in [-0.1, -0.05) is 45.0 Å². The molecule has 2 aromatic carbocycles. The molecular weight excluding hydrogens is 322 g/mol. The topological polar surface area (TPSA) is 38.3 Å². The Morgan fingerprint density at radius 2 is 1.65 bits per heavy atom. The van der Waals surface area contributed by atoms with E-state index in [2.05, 4.69) is 57.3 Å². The standard InChI is InChI=1S/C23H31NO2/c1-7-18-8-10-19(11-9-18)13-23(25)24-17(5)21-14-20(15(2)3)22(26-6)12-16(21)4/h8-12,14-15,17H,7,13H2,1-6H3,(H,24,25)/t17-/m0/s1. The highest BCUT2D eigenvalue weighted by Gasteiger charge is 2.17. The van der Waals surface area contributed by atoms with E-state index in [-0.39, 0.29) is 11.9 Å². The van der Waals surface area contributed by atoms with Crippen molar-refractivity contribution >= 4 is 5.91 Å². The molecular formula is C23H31NO2. The smallest absolute Gasteiger partial charge is 0.224 e. The lowest BCUT2D eigenvalue weighted by Crippen LogP contribution is -2.28. The number of carbonyl (C=O) groups is 1. The first kappa shape index (κ1) is 20.0. The Morgan fingerprint density at radius 3 is 2.19 bits per heavy atom. The van der Waals surface area contributed by atoms with Crippen LogP contribution in [0.1, 0.15) is 67.5 Å². The zero-order chi connectivity index (χ0) is 19.3. The fourth-order valence-electron chi connectivity index (χ4n) is 3.26. The highest BCUT2D eigenvalue weighted by atomic mass is 16.5. The van der Waals surface area contributed by atoms with Gasteiger partial charge in [-0.3, -0.25) is 4.79 Å². The fourth-order valence-corrected chi connectivity index (χ4v) is 3.26. The van der Waals surface area contributed by atoms with Crippen molar-refractivity contribution in [3.8, 4) is 5.75 Å². The molecule has 0 bridgehead atoms. The quantitative estimate of drug-likeness (QED) is 0.751. The van der Waals surface area contributed by atoms with Gasteiger partial charge in [0, 0.05) is 0 Å². The maximum absolute atomic E-state index is 12.5. The molecule has 0 aliphatic heterocycles. The molecule has 0 saturated carbocycles. The van der Waals surface area contributed by atoms with Crippen LogP contribution in [0.25, 0.3) is 0 Å². The summed E-state index contributed by atoms with van der Waals surface area (Å²) in [6.07, 6.45) is 1.42. The molecule has 0 heterocycles. The normalized spacial score (nSPS) is 12.1. The van der Waals surface area contributed by atoms with Crippen molar-refractivity contribution in [2.75, 3.05) is 7.11 Å². The molecule has 3 heteroatoms. The third-order valence-electron chi connectivity index (χ3n) is 4.88. The summed E-state index contributed by atoms with van der Waals surface area (Å²) in [5.41, 5.74) is 5.78. The molecule has 2 rings (SSSR count). The SMILES string of the molecule is CCc1ccc(CC(=O)N[C@@H](C)c2cc(C(C)C)c(OC)cc2C)cc1. The van der Waals surface area contributed by atoms with Crippen molar-refractivity contribution in [3.63, 3.8) is 0 Å². The minimum absolute atomic E-state index is 0.0409. The average Bonchev–Trinajstić information content (AvgIpc) is 2.61. The van der Waals surface area contributed by atoms with Crippen LogP contribution < -0.4 is 10.1 Å². The predicted molar refractivity (Wildman–Crippen MR) is 108 cm³/mol. The van der Waals surface area contributed by atoms with Gasteiger partial charge in [-0.25, -0.2) is 0 Å². The van der Waals surface area contributed by atoms with Crippen LogP contribution in [0.3, 0.4) is 0 Å². The van der Waals surface area contributed by atoms with Gasteiger partial charge in [-0.15, -0.1) is 0 Å². The Hall–Kier alpha value is -2.29. The summed E-state index contributed by atoms with van der Waals surface area (Å²) in [7, 11) is 1.70. The lowest BCUT2D eigenvalue weighted by Gasteiger charge is -2.21. The second kappa shape index (κ2) is 8.88. The lowest BCUT2D eigenvalue weighted by molar-refractivity contribution is -0.121. The van der Waals surface area contributed by atoms with Crippen LogP contribution in [0.15, 0.2) is 36.4 Å². The average molecular weight is 354 g/mol. The minimum atomic E-state index is -0.0409. The molecule has 1 amide bonds. The zero-order valence-electron chi connectivity index (χ0n) is 16.8. The number of rotatable bonds is 7. The molecule has 0 radical (unpaired) electrons. The van der Waals surface area contributed by atoms with Gasteiger partial charge in [0.25, 0.3) is 0 Å². The first-order valence-corrected chi connectivity index (χ1v) is 9.41. The highest BCUT2D eigenvalue weighted by molar-refractivity contribution is 5.79. The minimum Gasteiger partial charge on any atom is -0.496 e. The molecule has 0 fully saturated rings. The molecule has 1 atom stereocenters. The summed E-state index contributed by atoms with van der Waals surface area (Å²) < 4.78 is 5.51. The van der Waals surface area contributed by atoms with Gasteiger partial charge in [0.15, 0.2) is 0 Å². The molecule has 3 nitrogen and oxygen atoms in total. The second-order valence-corrected chi connectivity index (χ2v) is 7.24. The number of ether oxygens (including phenoxy) is 1.